The van der Waals surface area contributed by atoms with E-state index >= 15 is 0 Å². The first-order valence-electron chi connectivity index (χ1n) is 7.33. The molecule has 1 atom stereocenters. The van der Waals surface area contributed by atoms with Gasteiger partial charge in [-0.25, -0.2) is 4.79 Å². The monoisotopic (exact) mass is 338 g/mol. The minimum atomic E-state index is -4.93. The molecule has 1 N–H and O–H groups in total. The number of ether oxygens (including phenoxy) is 1. The van der Waals surface area contributed by atoms with Crippen molar-refractivity contribution in [2.24, 2.45) is 11.3 Å². The minimum absolute atomic E-state index is 0.115. The topological polar surface area (TPSA) is 70.1 Å². The maximum atomic E-state index is 12.6. The maximum Gasteiger partial charge on any atom is 0.471 e. The van der Waals surface area contributed by atoms with Gasteiger partial charge in [-0.2, -0.15) is 13.2 Å². The highest BCUT2D eigenvalue weighted by atomic mass is 19.4. The third kappa shape index (κ3) is 3.54. The third-order valence-corrected chi connectivity index (χ3v) is 4.23. The average molecular weight is 338 g/mol. The molecule has 1 spiro atoms. The van der Waals surface area contributed by atoms with Crippen LogP contribution in [0.25, 0.3) is 0 Å². The molecule has 6 nitrogen and oxygen atoms in total. The van der Waals surface area contributed by atoms with Gasteiger partial charge >= 0.3 is 18.2 Å². The molecule has 23 heavy (non-hydrogen) atoms. The van der Waals surface area contributed by atoms with E-state index in [4.69, 9.17) is 4.74 Å². The Balaban J connectivity index is 2.01. The molecule has 132 valence electrons. The summed E-state index contributed by atoms with van der Waals surface area (Å²) in [6, 6.07) is 0. The van der Waals surface area contributed by atoms with Gasteiger partial charge in [-0.15, -0.1) is 0 Å². The van der Waals surface area contributed by atoms with E-state index in [1.54, 1.807) is 20.8 Å². The van der Waals surface area contributed by atoms with Gasteiger partial charge < -0.3 is 19.6 Å². The van der Waals surface area contributed by atoms with Gasteiger partial charge in [0.15, 0.2) is 0 Å². The summed E-state index contributed by atoms with van der Waals surface area (Å²) in [6.45, 7) is 4.91. The highest BCUT2D eigenvalue weighted by molar-refractivity contribution is 5.82. The largest absolute Gasteiger partial charge is 0.471 e. The number of carbonyl (C=O) groups is 2. The molecule has 2 aliphatic heterocycles. The molecule has 2 heterocycles. The number of halogens is 3. The lowest BCUT2D eigenvalue weighted by atomic mass is 9.72. The van der Waals surface area contributed by atoms with Gasteiger partial charge in [0.05, 0.1) is 0 Å². The SMILES string of the molecule is CC(C)(C)OC(=O)N1CC2(C1)CN(C(=O)C(F)(F)F)CC2CO. The Hall–Kier alpha value is -1.51. The molecule has 2 fully saturated rings. The van der Waals surface area contributed by atoms with E-state index in [1.807, 2.05) is 0 Å². The number of aliphatic hydroxyl groups is 1. The van der Waals surface area contributed by atoms with Gasteiger partial charge in [0.25, 0.3) is 0 Å². The van der Waals surface area contributed by atoms with E-state index in [0.717, 1.165) is 0 Å². The Morgan fingerprint density at radius 1 is 1.17 bits per heavy atom. The van der Waals surface area contributed by atoms with Gasteiger partial charge in [0, 0.05) is 44.1 Å². The van der Waals surface area contributed by atoms with Crippen LogP contribution in [0.2, 0.25) is 0 Å². The number of hydrogen-bond donors (Lipinski definition) is 1. The standard InChI is InChI=1S/C14H21F3N2O4/c1-12(2,3)23-11(22)19-7-13(8-19)6-18(4-9(13)5-20)10(21)14(15,16)17/h9,20H,4-8H2,1-3H3. The molecule has 0 aliphatic carbocycles. The summed E-state index contributed by atoms with van der Waals surface area (Å²) < 4.78 is 42.9. The molecule has 9 heteroatoms. The number of carbonyl (C=O) groups excluding carboxylic acids is 2. The molecule has 0 bridgehead atoms. The van der Waals surface area contributed by atoms with E-state index in [2.05, 4.69) is 0 Å². The highest BCUT2D eigenvalue weighted by Gasteiger charge is 2.59. The average Bonchev–Trinajstić information content (AvgIpc) is 2.71. The zero-order chi connectivity index (χ0) is 17.6. The molecule has 0 radical (unpaired) electrons. The second-order valence-corrected chi connectivity index (χ2v) is 7.26. The molecular weight excluding hydrogens is 317 g/mol. The van der Waals surface area contributed by atoms with E-state index in [-0.39, 0.29) is 32.8 Å². The number of alkyl halides is 3. The summed E-state index contributed by atoms with van der Waals surface area (Å²) >= 11 is 0. The molecule has 2 aliphatic rings. The summed E-state index contributed by atoms with van der Waals surface area (Å²) in [5.41, 5.74) is -1.35. The van der Waals surface area contributed by atoms with Crippen molar-refractivity contribution in [3.05, 3.63) is 0 Å². The highest BCUT2D eigenvalue weighted by Crippen LogP contribution is 2.45. The Morgan fingerprint density at radius 2 is 1.70 bits per heavy atom. The Bertz CT molecular complexity index is 495. The van der Waals surface area contributed by atoms with Gasteiger partial charge in [0.1, 0.15) is 5.60 Å². The fourth-order valence-electron chi connectivity index (χ4n) is 3.15. The van der Waals surface area contributed by atoms with E-state index in [1.165, 1.54) is 4.90 Å². The lowest BCUT2D eigenvalue weighted by Gasteiger charge is -2.50. The van der Waals surface area contributed by atoms with Crippen molar-refractivity contribution < 1.29 is 32.6 Å². The molecule has 0 aromatic carbocycles. The summed E-state index contributed by atoms with van der Waals surface area (Å²) in [7, 11) is 0. The molecule has 0 aromatic rings. The first-order chi connectivity index (χ1) is 10.4. The maximum absolute atomic E-state index is 12.6. The first kappa shape index (κ1) is 17.8. The predicted molar refractivity (Wildman–Crippen MR) is 73.5 cm³/mol. The van der Waals surface area contributed by atoms with Crippen LogP contribution in [0.1, 0.15) is 20.8 Å². The van der Waals surface area contributed by atoms with E-state index in [9.17, 15) is 27.9 Å². The molecular formula is C14H21F3N2O4. The van der Waals surface area contributed by atoms with Gasteiger partial charge in [0.2, 0.25) is 0 Å². The zero-order valence-corrected chi connectivity index (χ0v) is 13.3. The van der Waals surface area contributed by atoms with Crippen LogP contribution in [0.4, 0.5) is 18.0 Å². The fourth-order valence-corrected chi connectivity index (χ4v) is 3.15. The van der Waals surface area contributed by atoms with Crippen LogP contribution in [-0.2, 0) is 9.53 Å². The van der Waals surface area contributed by atoms with E-state index in [0.29, 0.717) is 4.90 Å². The van der Waals surface area contributed by atoms with Gasteiger partial charge in [-0.1, -0.05) is 0 Å². The third-order valence-electron chi connectivity index (χ3n) is 4.23. The van der Waals surface area contributed by atoms with Crippen LogP contribution in [0.3, 0.4) is 0 Å². The second-order valence-electron chi connectivity index (χ2n) is 7.26. The van der Waals surface area contributed by atoms with Crippen molar-refractivity contribution in [1.82, 2.24) is 9.80 Å². The molecule has 2 amide bonds. The summed E-state index contributed by atoms with van der Waals surface area (Å²) in [5, 5.41) is 9.43. The number of aliphatic hydroxyl groups excluding tert-OH is 1. The van der Waals surface area contributed by atoms with Crippen LogP contribution < -0.4 is 0 Å². The van der Waals surface area contributed by atoms with Crippen LogP contribution in [-0.4, -0.2) is 71.5 Å². The quantitative estimate of drug-likeness (QED) is 0.781. The smallest absolute Gasteiger partial charge is 0.444 e. The van der Waals surface area contributed by atoms with Crippen molar-refractivity contribution in [3.8, 4) is 0 Å². The van der Waals surface area contributed by atoms with Crippen molar-refractivity contribution >= 4 is 12.0 Å². The minimum Gasteiger partial charge on any atom is -0.444 e. The summed E-state index contributed by atoms with van der Waals surface area (Å²) in [4.78, 5) is 25.4. The number of hydrogen-bond acceptors (Lipinski definition) is 4. The number of likely N-dealkylation sites (tertiary alicyclic amines) is 2. The predicted octanol–water partition coefficient (Wildman–Crippen LogP) is 1.24. The van der Waals surface area contributed by atoms with E-state index < -0.39 is 35.1 Å². The van der Waals surface area contributed by atoms with Crippen molar-refractivity contribution in [2.45, 2.75) is 32.5 Å². The number of amides is 2. The van der Waals surface area contributed by atoms with Crippen LogP contribution in [0.15, 0.2) is 0 Å². The lowest BCUT2D eigenvalue weighted by molar-refractivity contribution is -0.185. The van der Waals surface area contributed by atoms with Crippen LogP contribution in [0, 0.1) is 11.3 Å². The van der Waals surface area contributed by atoms with Crippen molar-refractivity contribution in [3.63, 3.8) is 0 Å². The molecule has 2 saturated heterocycles. The van der Waals surface area contributed by atoms with Crippen molar-refractivity contribution in [2.75, 3.05) is 32.8 Å². The number of rotatable bonds is 1. The summed E-state index contributed by atoms with van der Waals surface area (Å²) in [6.07, 6.45) is -5.47. The number of nitrogens with zero attached hydrogens (tertiary/aromatic N) is 2. The normalized spacial score (nSPS) is 23.9. The lowest BCUT2D eigenvalue weighted by Crippen LogP contribution is -2.63. The fraction of sp³-hybridized carbons (Fsp3) is 0.857. The first-order valence-corrected chi connectivity index (χ1v) is 7.33. The Labute approximate surface area is 132 Å². The molecule has 0 saturated carbocycles. The summed E-state index contributed by atoms with van der Waals surface area (Å²) in [5.74, 6) is -2.38. The second kappa shape index (κ2) is 5.54. The van der Waals surface area contributed by atoms with Crippen molar-refractivity contribution in [1.29, 1.82) is 0 Å². The Kier molecular flexibility index (Phi) is 4.29. The van der Waals surface area contributed by atoms with Crippen LogP contribution >= 0.6 is 0 Å². The molecule has 2 rings (SSSR count). The van der Waals surface area contributed by atoms with Gasteiger partial charge in [-0.05, 0) is 20.8 Å². The van der Waals surface area contributed by atoms with Gasteiger partial charge in [-0.3, -0.25) is 4.79 Å². The molecule has 0 aromatic heterocycles. The Morgan fingerprint density at radius 3 is 2.13 bits per heavy atom. The molecule has 1 unspecified atom stereocenters. The zero-order valence-electron chi connectivity index (χ0n) is 13.3. The van der Waals surface area contributed by atoms with Crippen LogP contribution in [0.5, 0.6) is 0 Å².